The van der Waals surface area contributed by atoms with Gasteiger partial charge in [-0.2, -0.15) is 0 Å². The summed E-state index contributed by atoms with van der Waals surface area (Å²) in [6.07, 6.45) is 4.49. The third kappa shape index (κ3) is 2.61. The van der Waals surface area contributed by atoms with E-state index < -0.39 is 0 Å². The summed E-state index contributed by atoms with van der Waals surface area (Å²) in [4.78, 5) is 23.4. The molecule has 2 aliphatic rings. The molecule has 2 fully saturated rings. The van der Waals surface area contributed by atoms with Crippen LogP contribution >= 0.6 is 0 Å². The standard InChI is InChI=1S/C15H18N2O3/c18-13(10-20-11-5-2-1-3-6-11)16-17-14(19)12-9-15(12)7-4-8-15/h1-3,5-6,12H,4,7-10H2,(H,16,18)(H,17,19)/t12-/m0/s1. The van der Waals surface area contributed by atoms with E-state index in [0.29, 0.717) is 5.75 Å². The molecule has 20 heavy (non-hydrogen) atoms. The Morgan fingerprint density at radius 3 is 2.55 bits per heavy atom. The number of carbonyl (C=O) groups is 2. The lowest BCUT2D eigenvalue weighted by molar-refractivity contribution is -0.131. The number of amides is 2. The fourth-order valence-electron chi connectivity index (χ4n) is 2.82. The van der Waals surface area contributed by atoms with Crippen LogP contribution in [-0.4, -0.2) is 18.4 Å². The minimum absolute atomic E-state index is 0.0715. The Kier molecular flexibility index (Phi) is 3.34. The highest BCUT2D eigenvalue weighted by atomic mass is 16.5. The summed E-state index contributed by atoms with van der Waals surface area (Å²) < 4.78 is 5.29. The Balaban J connectivity index is 1.36. The maximum atomic E-state index is 11.8. The van der Waals surface area contributed by atoms with Gasteiger partial charge in [0.05, 0.1) is 0 Å². The van der Waals surface area contributed by atoms with Crippen LogP contribution in [0.3, 0.4) is 0 Å². The van der Waals surface area contributed by atoms with Crippen LogP contribution in [0.25, 0.3) is 0 Å². The van der Waals surface area contributed by atoms with Gasteiger partial charge in [0.2, 0.25) is 5.91 Å². The zero-order chi connectivity index (χ0) is 14.0. The average Bonchev–Trinajstić information content (AvgIpc) is 3.20. The predicted octanol–water partition coefficient (Wildman–Crippen LogP) is 1.40. The zero-order valence-electron chi connectivity index (χ0n) is 11.2. The molecule has 2 N–H and O–H groups in total. The van der Waals surface area contributed by atoms with Gasteiger partial charge < -0.3 is 4.74 Å². The van der Waals surface area contributed by atoms with Gasteiger partial charge >= 0.3 is 0 Å². The molecule has 2 aliphatic carbocycles. The van der Waals surface area contributed by atoms with Crippen LogP contribution in [0.2, 0.25) is 0 Å². The minimum Gasteiger partial charge on any atom is -0.484 e. The van der Waals surface area contributed by atoms with Gasteiger partial charge in [0.15, 0.2) is 6.61 Å². The third-order valence-electron chi connectivity index (χ3n) is 4.29. The van der Waals surface area contributed by atoms with Crippen molar-refractivity contribution in [3.63, 3.8) is 0 Å². The first-order chi connectivity index (χ1) is 9.70. The molecule has 2 saturated carbocycles. The minimum atomic E-state index is -0.356. The van der Waals surface area contributed by atoms with E-state index in [0.717, 1.165) is 19.3 Å². The van der Waals surface area contributed by atoms with Gasteiger partial charge in [-0.1, -0.05) is 24.6 Å². The molecule has 1 aromatic carbocycles. The number of hydrazine groups is 1. The molecule has 1 aromatic rings. The van der Waals surface area contributed by atoms with Gasteiger partial charge in [0.1, 0.15) is 5.75 Å². The number of ether oxygens (including phenoxy) is 1. The van der Waals surface area contributed by atoms with Crippen molar-refractivity contribution in [1.29, 1.82) is 0 Å². The van der Waals surface area contributed by atoms with Crippen molar-refractivity contribution in [3.05, 3.63) is 30.3 Å². The SMILES string of the molecule is O=C(COc1ccccc1)NNC(=O)[C@@H]1CC12CCC2. The van der Waals surface area contributed by atoms with E-state index in [2.05, 4.69) is 10.9 Å². The number of benzene rings is 1. The molecule has 0 radical (unpaired) electrons. The van der Waals surface area contributed by atoms with Crippen molar-refractivity contribution >= 4 is 11.8 Å². The molecular formula is C15H18N2O3. The summed E-state index contributed by atoms with van der Waals surface area (Å²) in [5.74, 6) is 0.291. The maximum absolute atomic E-state index is 11.8. The van der Waals surface area contributed by atoms with Crippen molar-refractivity contribution in [2.24, 2.45) is 11.3 Å². The first kappa shape index (κ1) is 13.0. The monoisotopic (exact) mass is 274 g/mol. The van der Waals surface area contributed by atoms with E-state index in [1.807, 2.05) is 18.2 Å². The van der Waals surface area contributed by atoms with Crippen LogP contribution in [0, 0.1) is 11.3 Å². The van der Waals surface area contributed by atoms with Gasteiger partial charge in [-0.25, -0.2) is 0 Å². The quantitative estimate of drug-likeness (QED) is 0.816. The number of para-hydroxylation sites is 1. The van der Waals surface area contributed by atoms with Crippen molar-refractivity contribution in [2.75, 3.05) is 6.61 Å². The topological polar surface area (TPSA) is 67.4 Å². The molecule has 0 aromatic heterocycles. The highest BCUT2D eigenvalue weighted by Crippen LogP contribution is 2.65. The van der Waals surface area contributed by atoms with Crippen LogP contribution in [-0.2, 0) is 9.59 Å². The molecule has 2 amide bonds. The van der Waals surface area contributed by atoms with Crippen LogP contribution < -0.4 is 15.6 Å². The van der Waals surface area contributed by atoms with Gasteiger partial charge in [-0.15, -0.1) is 0 Å². The van der Waals surface area contributed by atoms with Gasteiger partial charge in [-0.05, 0) is 36.8 Å². The smallest absolute Gasteiger partial charge is 0.276 e. The summed E-state index contributed by atoms with van der Waals surface area (Å²) in [5.41, 5.74) is 5.16. The average molecular weight is 274 g/mol. The number of hydrogen-bond donors (Lipinski definition) is 2. The number of hydrogen-bond acceptors (Lipinski definition) is 3. The molecule has 5 heteroatoms. The Morgan fingerprint density at radius 1 is 1.20 bits per heavy atom. The lowest BCUT2D eigenvalue weighted by Crippen LogP contribution is -2.45. The molecule has 106 valence electrons. The number of rotatable bonds is 4. The lowest BCUT2D eigenvalue weighted by atomic mass is 9.80. The summed E-state index contributed by atoms with van der Waals surface area (Å²) in [6, 6.07) is 9.09. The largest absolute Gasteiger partial charge is 0.484 e. The predicted molar refractivity (Wildman–Crippen MR) is 72.6 cm³/mol. The molecule has 5 nitrogen and oxygen atoms in total. The maximum Gasteiger partial charge on any atom is 0.276 e. The van der Waals surface area contributed by atoms with Crippen LogP contribution in [0.1, 0.15) is 25.7 Å². The zero-order valence-corrected chi connectivity index (χ0v) is 11.2. The van der Waals surface area contributed by atoms with E-state index in [-0.39, 0.29) is 29.8 Å². The highest BCUT2D eigenvalue weighted by Gasteiger charge is 2.60. The Bertz CT molecular complexity index is 511. The first-order valence-corrected chi connectivity index (χ1v) is 6.96. The summed E-state index contributed by atoms with van der Waals surface area (Å²) in [6.45, 7) is -0.111. The highest BCUT2D eigenvalue weighted by molar-refractivity contribution is 5.86. The van der Waals surface area contributed by atoms with Gasteiger partial charge in [0.25, 0.3) is 5.91 Å². The summed E-state index contributed by atoms with van der Waals surface area (Å²) in [7, 11) is 0. The first-order valence-electron chi connectivity index (χ1n) is 6.96. The van der Waals surface area contributed by atoms with Crippen molar-refractivity contribution in [2.45, 2.75) is 25.7 Å². The molecular weight excluding hydrogens is 256 g/mol. The summed E-state index contributed by atoms with van der Waals surface area (Å²) in [5, 5.41) is 0. The number of nitrogens with one attached hydrogen (secondary N) is 2. The van der Waals surface area contributed by atoms with E-state index in [1.165, 1.54) is 6.42 Å². The van der Waals surface area contributed by atoms with E-state index in [4.69, 9.17) is 4.74 Å². The Hall–Kier alpha value is -2.04. The second-order valence-corrected chi connectivity index (χ2v) is 5.61. The fourth-order valence-corrected chi connectivity index (χ4v) is 2.82. The molecule has 0 heterocycles. The normalized spacial score (nSPS) is 21.7. The van der Waals surface area contributed by atoms with Crippen molar-refractivity contribution in [3.8, 4) is 5.75 Å². The molecule has 0 saturated heterocycles. The van der Waals surface area contributed by atoms with Crippen molar-refractivity contribution in [1.82, 2.24) is 10.9 Å². The van der Waals surface area contributed by atoms with Crippen LogP contribution in [0.4, 0.5) is 0 Å². The van der Waals surface area contributed by atoms with Gasteiger partial charge in [0, 0.05) is 5.92 Å². The molecule has 1 spiro atoms. The van der Waals surface area contributed by atoms with E-state index in [9.17, 15) is 9.59 Å². The molecule has 0 aliphatic heterocycles. The van der Waals surface area contributed by atoms with Crippen LogP contribution in [0.15, 0.2) is 30.3 Å². The second-order valence-electron chi connectivity index (χ2n) is 5.61. The van der Waals surface area contributed by atoms with E-state index in [1.54, 1.807) is 12.1 Å². The second kappa shape index (κ2) is 5.15. The lowest BCUT2D eigenvalue weighted by Gasteiger charge is -2.26. The molecule has 1 atom stereocenters. The van der Waals surface area contributed by atoms with Gasteiger partial charge in [-0.3, -0.25) is 20.4 Å². The van der Waals surface area contributed by atoms with E-state index >= 15 is 0 Å². The third-order valence-corrected chi connectivity index (χ3v) is 4.29. The van der Waals surface area contributed by atoms with Crippen LogP contribution in [0.5, 0.6) is 5.75 Å². The number of carbonyl (C=O) groups excluding carboxylic acids is 2. The Morgan fingerprint density at radius 2 is 1.95 bits per heavy atom. The molecule has 0 unspecified atom stereocenters. The summed E-state index contributed by atoms with van der Waals surface area (Å²) >= 11 is 0. The molecule has 0 bridgehead atoms. The molecule has 3 rings (SSSR count). The Labute approximate surface area is 117 Å². The van der Waals surface area contributed by atoms with Crippen molar-refractivity contribution < 1.29 is 14.3 Å². The fraction of sp³-hybridized carbons (Fsp3) is 0.467.